The predicted octanol–water partition coefficient (Wildman–Crippen LogP) is 3.13. The number of halogens is 3. The van der Waals surface area contributed by atoms with E-state index in [-0.39, 0.29) is 5.56 Å². The molecule has 0 radical (unpaired) electrons. The van der Waals surface area contributed by atoms with Crippen LogP contribution in [0.1, 0.15) is 36.8 Å². The molecule has 2 rings (SSSR count). The molecule has 0 spiro atoms. The van der Waals surface area contributed by atoms with Crippen LogP contribution in [-0.2, 0) is 19.4 Å². The maximum Gasteiger partial charge on any atom is 0.194 e. The molecule has 1 aromatic carbocycles. The zero-order chi connectivity index (χ0) is 15.6. The number of benzene rings is 1. The summed E-state index contributed by atoms with van der Waals surface area (Å²) in [4.78, 5) is 0. The van der Waals surface area contributed by atoms with Crippen LogP contribution in [0.4, 0.5) is 13.2 Å². The molecule has 1 aromatic heterocycles. The Morgan fingerprint density at radius 1 is 1.19 bits per heavy atom. The van der Waals surface area contributed by atoms with Crippen molar-refractivity contribution in [3.05, 3.63) is 52.6 Å². The van der Waals surface area contributed by atoms with Gasteiger partial charge in [-0.05, 0) is 25.5 Å². The normalized spacial score (nSPS) is 12.7. The monoisotopic (exact) mass is 297 g/mol. The second-order valence-electron chi connectivity index (χ2n) is 4.87. The van der Waals surface area contributed by atoms with Crippen LogP contribution in [0.15, 0.2) is 18.2 Å². The Morgan fingerprint density at radius 2 is 1.90 bits per heavy atom. The summed E-state index contributed by atoms with van der Waals surface area (Å²) in [5.74, 6) is -3.92. The molecule has 0 saturated carbocycles. The number of hydrogen-bond acceptors (Lipinski definition) is 2. The van der Waals surface area contributed by atoms with E-state index in [0.717, 1.165) is 23.9 Å². The summed E-state index contributed by atoms with van der Waals surface area (Å²) in [7, 11) is 0. The van der Waals surface area contributed by atoms with Gasteiger partial charge in [0.25, 0.3) is 0 Å². The zero-order valence-corrected chi connectivity index (χ0v) is 12.0. The third-order valence-electron chi connectivity index (χ3n) is 3.47. The first-order valence-electron chi connectivity index (χ1n) is 6.92. The fourth-order valence-corrected chi connectivity index (χ4v) is 2.29. The third kappa shape index (κ3) is 3.10. The van der Waals surface area contributed by atoms with Crippen molar-refractivity contribution in [3.63, 3.8) is 0 Å². The van der Waals surface area contributed by atoms with Crippen molar-refractivity contribution in [1.82, 2.24) is 9.78 Å². The molecule has 0 amide bonds. The van der Waals surface area contributed by atoms with Gasteiger partial charge in [-0.15, -0.1) is 0 Å². The summed E-state index contributed by atoms with van der Waals surface area (Å²) in [5.41, 5.74) is 7.69. The number of aromatic nitrogens is 2. The van der Waals surface area contributed by atoms with Gasteiger partial charge in [0.2, 0.25) is 0 Å². The SMILES string of the molecule is CCc1cc(CC(N)c2ccc(F)c(F)c2F)n(CC)n1. The summed E-state index contributed by atoms with van der Waals surface area (Å²) in [6, 6.07) is 3.22. The fraction of sp³-hybridized carbons (Fsp3) is 0.400. The van der Waals surface area contributed by atoms with E-state index in [0.29, 0.717) is 13.0 Å². The molecule has 2 N–H and O–H groups in total. The van der Waals surface area contributed by atoms with Crippen LogP contribution in [0.3, 0.4) is 0 Å². The minimum absolute atomic E-state index is 0.0317. The standard InChI is InChI=1S/C15H18F3N3/c1-3-9-7-10(21(4-2)20-9)8-13(19)11-5-6-12(16)15(18)14(11)17/h5-7,13H,3-4,8,19H2,1-2H3. The average Bonchev–Trinajstić information content (AvgIpc) is 2.87. The first-order valence-corrected chi connectivity index (χ1v) is 6.92. The van der Waals surface area contributed by atoms with Crippen LogP contribution in [0.2, 0.25) is 0 Å². The van der Waals surface area contributed by atoms with E-state index < -0.39 is 23.5 Å². The summed E-state index contributed by atoms with van der Waals surface area (Å²) in [6.45, 7) is 4.60. The Bertz CT molecular complexity index is 637. The van der Waals surface area contributed by atoms with Crippen molar-refractivity contribution in [1.29, 1.82) is 0 Å². The quantitative estimate of drug-likeness (QED) is 0.862. The van der Waals surface area contributed by atoms with Crippen molar-refractivity contribution in [2.24, 2.45) is 5.73 Å². The highest BCUT2D eigenvalue weighted by molar-refractivity contribution is 5.25. The van der Waals surface area contributed by atoms with Crippen LogP contribution < -0.4 is 5.73 Å². The van der Waals surface area contributed by atoms with Crippen LogP contribution in [-0.4, -0.2) is 9.78 Å². The lowest BCUT2D eigenvalue weighted by atomic mass is 10.0. The molecule has 21 heavy (non-hydrogen) atoms. The zero-order valence-electron chi connectivity index (χ0n) is 12.0. The van der Waals surface area contributed by atoms with Gasteiger partial charge in [-0.2, -0.15) is 5.10 Å². The van der Waals surface area contributed by atoms with E-state index in [1.165, 1.54) is 6.07 Å². The first-order chi connectivity index (χ1) is 9.97. The van der Waals surface area contributed by atoms with Gasteiger partial charge in [-0.1, -0.05) is 13.0 Å². The lowest BCUT2D eigenvalue weighted by Crippen LogP contribution is -2.18. The van der Waals surface area contributed by atoms with E-state index in [1.807, 2.05) is 19.9 Å². The molecule has 2 aromatic rings. The molecule has 0 aliphatic carbocycles. The molecule has 114 valence electrons. The Balaban J connectivity index is 2.28. The second kappa shape index (κ2) is 6.30. The molecular formula is C15H18F3N3. The van der Waals surface area contributed by atoms with E-state index in [9.17, 15) is 13.2 Å². The van der Waals surface area contributed by atoms with Gasteiger partial charge in [0, 0.05) is 30.3 Å². The Kier molecular flexibility index (Phi) is 4.67. The average molecular weight is 297 g/mol. The van der Waals surface area contributed by atoms with Gasteiger partial charge < -0.3 is 5.73 Å². The first kappa shape index (κ1) is 15.6. The number of rotatable bonds is 5. The van der Waals surface area contributed by atoms with Crippen LogP contribution in [0, 0.1) is 17.5 Å². The fourth-order valence-electron chi connectivity index (χ4n) is 2.29. The molecule has 1 heterocycles. The summed E-state index contributed by atoms with van der Waals surface area (Å²) >= 11 is 0. The van der Waals surface area contributed by atoms with E-state index in [2.05, 4.69) is 5.10 Å². The van der Waals surface area contributed by atoms with Gasteiger partial charge in [0.05, 0.1) is 5.69 Å². The highest BCUT2D eigenvalue weighted by atomic mass is 19.2. The molecule has 0 aliphatic rings. The Labute approximate surface area is 121 Å². The highest BCUT2D eigenvalue weighted by Crippen LogP contribution is 2.23. The second-order valence-corrected chi connectivity index (χ2v) is 4.87. The van der Waals surface area contributed by atoms with Gasteiger partial charge >= 0.3 is 0 Å². The topological polar surface area (TPSA) is 43.8 Å². The van der Waals surface area contributed by atoms with Crippen molar-refractivity contribution in [3.8, 4) is 0 Å². The predicted molar refractivity (Wildman–Crippen MR) is 74.2 cm³/mol. The summed E-state index contributed by atoms with van der Waals surface area (Å²) < 4.78 is 41.8. The van der Waals surface area contributed by atoms with Crippen LogP contribution in [0.5, 0.6) is 0 Å². The molecule has 6 heteroatoms. The number of aryl methyl sites for hydroxylation is 2. The summed E-state index contributed by atoms with van der Waals surface area (Å²) in [6.07, 6.45) is 1.09. The highest BCUT2D eigenvalue weighted by Gasteiger charge is 2.20. The maximum atomic E-state index is 13.8. The smallest absolute Gasteiger partial charge is 0.194 e. The summed E-state index contributed by atoms with van der Waals surface area (Å²) in [5, 5.41) is 4.38. The number of nitrogens with two attached hydrogens (primary N) is 1. The van der Waals surface area contributed by atoms with Gasteiger partial charge in [0.15, 0.2) is 17.5 Å². The maximum absolute atomic E-state index is 13.8. The van der Waals surface area contributed by atoms with Crippen molar-refractivity contribution < 1.29 is 13.2 Å². The lowest BCUT2D eigenvalue weighted by molar-refractivity contribution is 0.434. The molecule has 3 nitrogen and oxygen atoms in total. The minimum atomic E-state index is -1.49. The van der Waals surface area contributed by atoms with Gasteiger partial charge in [-0.25, -0.2) is 13.2 Å². The third-order valence-corrected chi connectivity index (χ3v) is 3.47. The Morgan fingerprint density at radius 3 is 2.52 bits per heavy atom. The largest absolute Gasteiger partial charge is 0.324 e. The Hall–Kier alpha value is -1.82. The van der Waals surface area contributed by atoms with Crippen LogP contribution >= 0.6 is 0 Å². The minimum Gasteiger partial charge on any atom is -0.324 e. The lowest BCUT2D eigenvalue weighted by Gasteiger charge is -2.14. The van der Waals surface area contributed by atoms with Crippen molar-refractivity contribution in [2.45, 2.75) is 39.3 Å². The molecular weight excluding hydrogens is 279 g/mol. The van der Waals surface area contributed by atoms with Crippen LogP contribution in [0.25, 0.3) is 0 Å². The number of hydrogen-bond donors (Lipinski definition) is 1. The van der Waals surface area contributed by atoms with Gasteiger partial charge in [0.1, 0.15) is 0 Å². The van der Waals surface area contributed by atoms with Crippen molar-refractivity contribution >= 4 is 0 Å². The molecule has 1 atom stereocenters. The van der Waals surface area contributed by atoms with E-state index in [1.54, 1.807) is 4.68 Å². The number of nitrogens with zero attached hydrogens (tertiary/aromatic N) is 2. The molecule has 1 unspecified atom stereocenters. The molecule has 0 saturated heterocycles. The molecule has 0 fully saturated rings. The molecule has 0 bridgehead atoms. The van der Waals surface area contributed by atoms with E-state index in [4.69, 9.17) is 5.73 Å². The molecule has 0 aliphatic heterocycles. The van der Waals surface area contributed by atoms with Crippen molar-refractivity contribution in [2.75, 3.05) is 0 Å². The van der Waals surface area contributed by atoms with Gasteiger partial charge in [-0.3, -0.25) is 4.68 Å². The van der Waals surface area contributed by atoms with E-state index >= 15 is 0 Å².